The Kier molecular flexibility index (Phi) is 5.80. The van der Waals surface area contributed by atoms with Crippen molar-refractivity contribution in [3.05, 3.63) is 41.4 Å². The number of benzene rings is 1. The molecular weight excluding hydrogens is 279 g/mol. The molecule has 1 aromatic carbocycles. The minimum atomic E-state index is 0.0256. The van der Waals surface area contributed by atoms with E-state index in [1.807, 2.05) is 6.07 Å². The van der Waals surface area contributed by atoms with Gasteiger partial charge in [0.25, 0.3) is 0 Å². The van der Waals surface area contributed by atoms with Crippen LogP contribution in [0.2, 0.25) is 0 Å². The Balaban J connectivity index is 1.61. The molecule has 0 bridgehead atoms. The van der Waals surface area contributed by atoms with Gasteiger partial charge in [-0.15, -0.1) is 0 Å². The van der Waals surface area contributed by atoms with Crippen molar-refractivity contribution < 1.29 is 9.47 Å². The van der Waals surface area contributed by atoms with E-state index in [0.29, 0.717) is 21.6 Å². The zero-order chi connectivity index (χ0) is 11.8. The second kappa shape index (κ2) is 7.67. The monoisotopic (exact) mass is 298 g/mol. The molecular formula is C14H18O2Se. The topological polar surface area (TPSA) is 18.5 Å². The van der Waals surface area contributed by atoms with Crippen LogP contribution in [-0.2, 0) is 9.47 Å². The van der Waals surface area contributed by atoms with E-state index in [4.69, 9.17) is 9.47 Å². The van der Waals surface area contributed by atoms with E-state index in [2.05, 4.69) is 35.3 Å². The Morgan fingerprint density at radius 1 is 1.29 bits per heavy atom. The van der Waals surface area contributed by atoms with Crippen LogP contribution in [0.4, 0.5) is 0 Å². The molecule has 0 aromatic heterocycles. The third kappa shape index (κ3) is 5.05. The number of hydrogen-bond donors (Lipinski definition) is 0. The summed E-state index contributed by atoms with van der Waals surface area (Å²) in [6.07, 6.45) is 5.57. The zero-order valence-corrected chi connectivity index (χ0v) is 11.6. The van der Waals surface area contributed by atoms with E-state index in [1.165, 1.54) is 17.3 Å². The average molecular weight is 297 g/mol. The van der Waals surface area contributed by atoms with Gasteiger partial charge in [-0.2, -0.15) is 0 Å². The summed E-state index contributed by atoms with van der Waals surface area (Å²) in [6, 6.07) is 10.5. The van der Waals surface area contributed by atoms with Crippen LogP contribution in [0.5, 0.6) is 0 Å². The van der Waals surface area contributed by atoms with Gasteiger partial charge < -0.3 is 0 Å². The summed E-state index contributed by atoms with van der Waals surface area (Å²) >= 11 is 0.415. The van der Waals surface area contributed by atoms with Crippen LogP contribution >= 0.6 is 0 Å². The van der Waals surface area contributed by atoms with Crippen molar-refractivity contribution in [2.75, 3.05) is 13.2 Å². The number of hydrogen-bond acceptors (Lipinski definition) is 2. The summed E-state index contributed by atoms with van der Waals surface area (Å²) in [5.41, 5.74) is 0. The summed E-state index contributed by atoms with van der Waals surface area (Å²) in [5.74, 6) is 0. The van der Waals surface area contributed by atoms with Crippen LogP contribution in [0, 0.1) is 0 Å². The summed E-state index contributed by atoms with van der Waals surface area (Å²) in [5, 5.41) is 0. The van der Waals surface area contributed by atoms with Crippen molar-refractivity contribution in [1.82, 2.24) is 0 Å². The third-order valence-electron chi connectivity index (χ3n) is 2.56. The third-order valence-corrected chi connectivity index (χ3v) is 4.39. The molecule has 3 heteroatoms. The van der Waals surface area contributed by atoms with Gasteiger partial charge in [-0.3, -0.25) is 0 Å². The van der Waals surface area contributed by atoms with Gasteiger partial charge in [0.15, 0.2) is 0 Å². The molecule has 0 N–H and O–H groups in total. The molecule has 0 amide bonds. The zero-order valence-electron chi connectivity index (χ0n) is 9.88. The van der Waals surface area contributed by atoms with Gasteiger partial charge in [-0.05, 0) is 0 Å². The van der Waals surface area contributed by atoms with E-state index >= 15 is 0 Å². The SMILES string of the molecule is C(=C\[Se]c1ccccc1)/COC1CCCCO1. The van der Waals surface area contributed by atoms with Crippen LogP contribution in [0.25, 0.3) is 0 Å². The summed E-state index contributed by atoms with van der Waals surface area (Å²) in [6.45, 7) is 1.52. The van der Waals surface area contributed by atoms with Crippen LogP contribution < -0.4 is 4.46 Å². The molecule has 0 radical (unpaired) electrons. The Bertz CT molecular complexity index is 331. The summed E-state index contributed by atoms with van der Waals surface area (Å²) in [7, 11) is 0. The van der Waals surface area contributed by atoms with E-state index in [0.717, 1.165) is 13.0 Å². The molecule has 2 nitrogen and oxygen atoms in total. The first kappa shape index (κ1) is 12.8. The van der Waals surface area contributed by atoms with Gasteiger partial charge in [0, 0.05) is 0 Å². The van der Waals surface area contributed by atoms with Crippen molar-refractivity contribution in [1.29, 1.82) is 0 Å². The van der Waals surface area contributed by atoms with Gasteiger partial charge in [-0.25, -0.2) is 0 Å². The predicted molar refractivity (Wildman–Crippen MR) is 70.5 cm³/mol. The molecule has 1 saturated heterocycles. The van der Waals surface area contributed by atoms with Crippen LogP contribution in [0.1, 0.15) is 19.3 Å². The van der Waals surface area contributed by atoms with Gasteiger partial charge in [0.2, 0.25) is 0 Å². The maximum absolute atomic E-state index is 5.62. The fourth-order valence-electron chi connectivity index (χ4n) is 1.67. The second-order valence-corrected chi connectivity index (χ2v) is 5.99. The van der Waals surface area contributed by atoms with Gasteiger partial charge in [0.05, 0.1) is 0 Å². The Morgan fingerprint density at radius 2 is 2.18 bits per heavy atom. The van der Waals surface area contributed by atoms with Crippen LogP contribution in [0.15, 0.2) is 41.4 Å². The quantitative estimate of drug-likeness (QED) is 0.775. The van der Waals surface area contributed by atoms with Crippen LogP contribution in [0.3, 0.4) is 0 Å². The van der Waals surface area contributed by atoms with Crippen molar-refractivity contribution in [2.45, 2.75) is 25.6 Å². The van der Waals surface area contributed by atoms with Crippen LogP contribution in [-0.4, -0.2) is 34.5 Å². The van der Waals surface area contributed by atoms with Gasteiger partial charge in [0.1, 0.15) is 0 Å². The average Bonchev–Trinajstić information content (AvgIpc) is 2.41. The number of ether oxygens (including phenoxy) is 2. The Hall–Kier alpha value is -0.601. The van der Waals surface area contributed by atoms with Crippen molar-refractivity contribution in [2.24, 2.45) is 0 Å². The van der Waals surface area contributed by atoms with Gasteiger partial charge >= 0.3 is 109 Å². The summed E-state index contributed by atoms with van der Waals surface area (Å²) in [4.78, 5) is 2.21. The Morgan fingerprint density at radius 3 is 2.94 bits per heavy atom. The van der Waals surface area contributed by atoms with E-state index < -0.39 is 0 Å². The molecule has 0 aliphatic carbocycles. The molecule has 0 spiro atoms. The predicted octanol–water partition coefficient (Wildman–Crippen LogP) is 2.07. The maximum atomic E-state index is 5.62. The first-order valence-electron chi connectivity index (χ1n) is 6.05. The molecule has 0 saturated carbocycles. The molecule has 2 rings (SSSR count). The first-order chi connectivity index (χ1) is 8.45. The van der Waals surface area contributed by atoms with E-state index in [-0.39, 0.29) is 6.29 Å². The summed E-state index contributed by atoms with van der Waals surface area (Å²) < 4.78 is 12.5. The van der Waals surface area contributed by atoms with E-state index in [1.54, 1.807) is 0 Å². The van der Waals surface area contributed by atoms with Crippen molar-refractivity contribution in [3.8, 4) is 0 Å². The second-order valence-electron chi connectivity index (χ2n) is 3.93. The number of rotatable bonds is 5. The standard InChI is InChI=1S/C14H18O2Se/c1-2-7-13(8-3-1)17-12-6-11-16-14-9-4-5-10-15-14/h1-3,6-8,12,14H,4-5,9-11H2/b12-6+. The molecule has 1 aliphatic rings. The minimum absolute atomic E-state index is 0.0256. The molecule has 1 unspecified atom stereocenters. The van der Waals surface area contributed by atoms with Gasteiger partial charge in [-0.1, -0.05) is 0 Å². The fourth-order valence-corrected chi connectivity index (χ4v) is 3.03. The first-order valence-corrected chi connectivity index (χ1v) is 7.89. The molecule has 1 atom stereocenters. The molecule has 1 aliphatic heterocycles. The van der Waals surface area contributed by atoms with E-state index in [9.17, 15) is 0 Å². The van der Waals surface area contributed by atoms with Crippen molar-refractivity contribution >= 4 is 19.4 Å². The fraction of sp³-hybridized carbons (Fsp3) is 0.429. The molecule has 92 valence electrons. The molecule has 17 heavy (non-hydrogen) atoms. The molecule has 1 aromatic rings. The normalized spacial score (nSPS) is 20.8. The molecule has 1 fully saturated rings. The Labute approximate surface area is 109 Å². The van der Waals surface area contributed by atoms with Crippen molar-refractivity contribution in [3.63, 3.8) is 0 Å². The molecule has 1 heterocycles.